The van der Waals surface area contributed by atoms with E-state index in [1.807, 2.05) is 6.07 Å². The van der Waals surface area contributed by atoms with E-state index < -0.39 is 0 Å². The minimum absolute atomic E-state index is 0.0594. The highest BCUT2D eigenvalue weighted by Crippen LogP contribution is 2.38. The summed E-state index contributed by atoms with van der Waals surface area (Å²) < 4.78 is 11.2. The highest BCUT2D eigenvalue weighted by Gasteiger charge is 2.17. The molecule has 0 atom stereocenters. The molecule has 0 aromatic heterocycles. The Bertz CT molecular complexity index is 569. The van der Waals surface area contributed by atoms with Gasteiger partial charge >= 0.3 is 0 Å². The van der Waals surface area contributed by atoms with Crippen molar-refractivity contribution in [3.8, 4) is 17.6 Å². The molecule has 0 radical (unpaired) electrons. The van der Waals surface area contributed by atoms with Crippen molar-refractivity contribution in [1.29, 1.82) is 5.26 Å². The molecule has 0 N–H and O–H groups in total. The van der Waals surface area contributed by atoms with Crippen molar-refractivity contribution in [3.63, 3.8) is 0 Å². The van der Waals surface area contributed by atoms with E-state index in [1.54, 1.807) is 24.1 Å². The van der Waals surface area contributed by atoms with Crippen LogP contribution in [0.15, 0.2) is 12.1 Å². The molecule has 1 heterocycles. The fourth-order valence-electron chi connectivity index (χ4n) is 2.04. The molecule has 1 amide bonds. The fraction of sp³-hybridized carbons (Fsp3) is 0.467. The van der Waals surface area contributed by atoms with Crippen molar-refractivity contribution in [2.75, 3.05) is 26.8 Å². The Labute approximate surface area is 129 Å². The second-order valence-corrected chi connectivity index (χ2v) is 5.26. The summed E-state index contributed by atoms with van der Waals surface area (Å²) in [6, 6.07) is 5.54. The quantitative estimate of drug-likeness (QED) is 0.857. The molecular formula is C15H17ClN2O3. The minimum Gasteiger partial charge on any atom is -0.489 e. The summed E-state index contributed by atoms with van der Waals surface area (Å²) >= 11 is 6.19. The normalized spacial score (nSPS) is 13.2. The van der Waals surface area contributed by atoms with Crippen molar-refractivity contribution in [3.05, 3.63) is 22.7 Å². The molecule has 0 spiro atoms. The lowest BCUT2D eigenvalue weighted by molar-refractivity contribution is -0.129. The average Bonchev–Trinajstić information content (AvgIpc) is 2.70. The highest BCUT2D eigenvalue weighted by molar-refractivity contribution is 6.32. The Balaban J connectivity index is 2.11. The molecule has 5 nitrogen and oxygen atoms in total. The lowest BCUT2D eigenvalue weighted by atomic mass is 10.1. The van der Waals surface area contributed by atoms with Crippen molar-refractivity contribution in [2.45, 2.75) is 19.3 Å². The third-order valence-corrected chi connectivity index (χ3v) is 3.48. The molecule has 0 unspecified atom stereocenters. The maximum absolute atomic E-state index is 12.1. The van der Waals surface area contributed by atoms with Crippen LogP contribution >= 0.6 is 11.6 Å². The van der Waals surface area contributed by atoms with Gasteiger partial charge in [-0.1, -0.05) is 11.6 Å². The number of hydrogen-bond acceptors (Lipinski definition) is 4. The van der Waals surface area contributed by atoms with E-state index in [1.165, 1.54) is 0 Å². The summed E-state index contributed by atoms with van der Waals surface area (Å²) in [6.07, 6.45) is 1.35. The van der Waals surface area contributed by atoms with Crippen molar-refractivity contribution in [2.24, 2.45) is 0 Å². The zero-order valence-corrected chi connectivity index (χ0v) is 12.7. The van der Waals surface area contributed by atoms with Crippen LogP contribution in [-0.2, 0) is 11.2 Å². The summed E-state index contributed by atoms with van der Waals surface area (Å²) in [4.78, 5) is 13.6. The molecule has 0 saturated carbocycles. The summed E-state index contributed by atoms with van der Waals surface area (Å²) in [6.45, 7) is 1.57. The standard InChI is InChI=1S/C15H17ClN2O3/c1-18(5-2-4-17)14(19)10-11-8-12(16)15-13(9-11)20-6-3-7-21-15/h8-9H,2-3,5-7,10H2,1H3. The number of carbonyl (C=O) groups is 1. The van der Waals surface area contributed by atoms with E-state index in [0.717, 1.165) is 12.0 Å². The third-order valence-electron chi connectivity index (χ3n) is 3.20. The highest BCUT2D eigenvalue weighted by atomic mass is 35.5. The van der Waals surface area contributed by atoms with Gasteiger partial charge in [0.25, 0.3) is 0 Å². The van der Waals surface area contributed by atoms with Gasteiger partial charge in [-0.15, -0.1) is 0 Å². The van der Waals surface area contributed by atoms with Gasteiger partial charge in [-0.3, -0.25) is 4.79 Å². The van der Waals surface area contributed by atoms with Crippen molar-refractivity contribution in [1.82, 2.24) is 4.90 Å². The summed E-state index contributed by atoms with van der Waals surface area (Å²) in [7, 11) is 1.68. The molecule has 0 fully saturated rings. The van der Waals surface area contributed by atoms with Crippen molar-refractivity contribution < 1.29 is 14.3 Å². The first-order chi connectivity index (χ1) is 10.1. The minimum atomic E-state index is -0.0594. The lowest BCUT2D eigenvalue weighted by Crippen LogP contribution is -2.29. The smallest absolute Gasteiger partial charge is 0.226 e. The van der Waals surface area contributed by atoms with E-state index in [0.29, 0.717) is 42.7 Å². The van der Waals surface area contributed by atoms with Gasteiger partial charge in [0.2, 0.25) is 5.91 Å². The number of carbonyl (C=O) groups excluding carboxylic acids is 1. The van der Waals surface area contributed by atoms with Crippen LogP contribution in [0.4, 0.5) is 0 Å². The molecule has 0 aliphatic carbocycles. The zero-order valence-electron chi connectivity index (χ0n) is 11.9. The van der Waals surface area contributed by atoms with Gasteiger partial charge in [0.15, 0.2) is 11.5 Å². The van der Waals surface area contributed by atoms with Gasteiger partial charge in [0.1, 0.15) is 0 Å². The molecule has 1 aliphatic heterocycles. The summed E-state index contributed by atoms with van der Waals surface area (Å²) in [5.41, 5.74) is 0.776. The van der Waals surface area contributed by atoms with Crippen LogP contribution in [-0.4, -0.2) is 37.6 Å². The average molecular weight is 309 g/mol. The van der Waals surface area contributed by atoms with Gasteiger partial charge in [0, 0.05) is 20.0 Å². The second-order valence-electron chi connectivity index (χ2n) is 4.86. The molecule has 0 bridgehead atoms. The predicted molar refractivity (Wildman–Crippen MR) is 78.6 cm³/mol. The van der Waals surface area contributed by atoms with Crippen LogP contribution in [0.2, 0.25) is 5.02 Å². The molecule has 1 aromatic rings. The molecular weight excluding hydrogens is 292 g/mol. The maximum atomic E-state index is 12.1. The number of rotatable bonds is 4. The first-order valence-corrected chi connectivity index (χ1v) is 7.18. The monoisotopic (exact) mass is 308 g/mol. The van der Waals surface area contributed by atoms with E-state index in [4.69, 9.17) is 26.3 Å². The Kier molecular flexibility index (Phi) is 5.29. The number of amides is 1. The Morgan fingerprint density at radius 1 is 1.43 bits per heavy atom. The van der Waals surface area contributed by atoms with Crippen LogP contribution in [0.1, 0.15) is 18.4 Å². The SMILES string of the molecule is CN(CCC#N)C(=O)Cc1cc(Cl)c2c(c1)OCCCO2. The molecule has 1 aromatic carbocycles. The van der Waals surface area contributed by atoms with Crippen LogP contribution in [0.5, 0.6) is 11.5 Å². The zero-order chi connectivity index (χ0) is 15.2. The fourth-order valence-corrected chi connectivity index (χ4v) is 2.33. The molecule has 21 heavy (non-hydrogen) atoms. The van der Waals surface area contributed by atoms with Gasteiger partial charge in [0.05, 0.1) is 37.1 Å². The Morgan fingerprint density at radius 3 is 2.95 bits per heavy atom. The number of hydrogen-bond donors (Lipinski definition) is 0. The van der Waals surface area contributed by atoms with Crippen LogP contribution in [0.25, 0.3) is 0 Å². The number of nitriles is 1. The number of fused-ring (bicyclic) bond motifs is 1. The molecule has 2 rings (SSSR count). The number of halogens is 1. The number of benzene rings is 1. The predicted octanol–water partition coefficient (Wildman–Crippen LogP) is 2.42. The first kappa shape index (κ1) is 15.5. The van der Waals surface area contributed by atoms with Crippen LogP contribution in [0, 0.1) is 11.3 Å². The van der Waals surface area contributed by atoms with Gasteiger partial charge in [-0.2, -0.15) is 5.26 Å². The van der Waals surface area contributed by atoms with E-state index >= 15 is 0 Å². The van der Waals surface area contributed by atoms with Crippen LogP contribution < -0.4 is 9.47 Å². The number of nitrogens with zero attached hydrogens (tertiary/aromatic N) is 2. The lowest BCUT2D eigenvalue weighted by Gasteiger charge is -2.16. The number of ether oxygens (including phenoxy) is 2. The number of likely N-dealkylation sites (N-methyl/N-ethyl adjacent to an activating group) is 1. The van der Waals surface area contributed by atoms with Gasteiger partial charge in [-0.05, 0) is 17.7 Å². The Hall–Kier alpha value is -1.93. The maximum Gasteiger partial charge on any atom is 0.226 e. The van der Waals surface area contributed by atoms with Gasteiger partial charge in [-0.25, -0.2) is 0 Å². The van der Waals surface area contributed by atoms with Crippen molar-refractivity contribution >= 4 is 17.5 Å². The van der Waals surface area contributed by atoms with E-state index in [9.17, 15) is 4.79 Å². The van der Waals surface area contributed by atoms with E-state index in [2.05, 4.69) is 0 Å². The third kappa shape index (κ3) is 4.02. The largest absolute Gasteiger partial charge is 0.489 e. The second kappa shape index (κ2) is 7.19. The topological polar surface area (TPSA) is 62.6 Å². The van der Waals surface area contributed by atoms with E-state index in [-0.39, 0.29) is 12.3 Å². The molecule has 112 valence electrons. The summed E-state index contributed by atoms with van der Waals surface area (Å²) in [5.74, 6) is 1.07. The van der Waals surface area contributed by atoms with Gasteiger partial charge < -0.3 is 14.4 Å². The van der Waals surface area contributed by atoms with Crippen LogP contribution in [0.3, 0.4) is 0 Å². The molecule has 0 saturated heterocycles. The summed E-state index contributed by atoms with van der Waals surface area (Å²) in [5, 5.41) is 9.00. The first-order valence-electron chi connectivity index (χ1n) is 6.80. The Morgan fingerprint density at radius 2 is 2.19 bits per heavy atom. The molecule has 1 aliphatic rings. The molecule has 6 heteroatoms.